The minimum Gasteiger partial charge on any atom is -0.494 e. The van der Waals surface area contributed by atoms with Gasteiger partial charge in [0.25, 0.3) is 5.56 Å². The van der Waals surface area contributed by atoms with Crippen LogP contribution in [0.15, 0.2) is 38.9 Å². The van der Waals surface area contributed by atoms with Gasteiger partial charge in [0.1, 0.15) is 22.0 Å². The number of nitrogens with one attached hydrogen (secondary N) is 1. The highest BCUT2D eigenvalue weighted by Crippen LogP contribution is 2.26. The molecule has 0 saturated carbocycles. The topological polar surface area (TPSA) is 108 Å². The molecule has 0 aliphatic heterocycles. The molecule has 0 unspecified atom stereocenters. The van der Waals surface area contributed by atoms with E-state index in [2.05, 4.69) is 36.1 Å². The van der Waals surface area contributed by atoms with Gasteiger partial charge >= 0.3 is 5.69 Å². The summed E-state index contributed by atoms with van der Waals surface area (Å²) in [6, 6.07) is 7.10. The minimum atomic E-state index is -0.482. The van der Waals surface area contributed by atoms with Crippen molar-refractivity contribution < 1.29 is 9.53 Å². The number of aryl methyl sites for hydroxylation is 1. The number of carbonyl (C=O) groups excluding carboxylic acids is 1. The molecule has 0 atom stereocenters. The Kier molecular flexibility index (Phi) is 7.26. The molecule has 2 aromatic heterocycles. The SMILES string of the molecule is CCOc1ccc(NC(=O)CSc2nc(CC(C)(C)C)nc3c2c(=O)n(C)c(=O)n3C)cc1. The fourth-order valence-corrected chi connectivity index (χ4v) is 4.09. The van der Waals surface area contributed by atoms with Crippen molar-refractivity contribution in [3.63, 3.8) is 0 Å². The quantitative estimate of drug-likeness (QED) is 0.417. The van der Waals surface area contributed by atoms with Crippen molar-refractivity contribution in [3.05, 3.63) is 50.9 Å². The second-order valence-corrected chi connectivity index (χ2v) is 9.85. The third-order valence-electron chi connectivity index (χ3n) is 4.79. The van der Waals surface area contributed by atoms with E-state index in [-0.39, 0.29) is 28.1 Å². The molecular formula is C23H29N5O4S. The number of thioether (sulfide) groups is 1. The van der Waals surface area contributed by atoms with E-state index in [0.29, 0.717) is 29.6 Å². The van der Waals surface area contributed by atoms with Crippen LogP contribution in [0.1, 0.15) is 33.5 Å². The van der Waals surface area contributed by atoms with Crippen molar-refractivity contribution in [2.75, 3.05) is 17.7 Å². The lowest BCUT2D eigenvalue weighted by atomic mass is 9.92. The highest BCUT2D eigenvalue weighted by molar-refractivity contribution is 8.00. The number of anilines is 1. The number of carbonyl (C=O) groups is 1. The van der Waals surface area contributed by atoms with Crippen molar-refractivity contribution >= 4 is 34.4 Å². The Bertz CT molecular complexity index is 1290. The van der Waals surface area contributed by atoms with Crippen LogP contribution in [0.2, 0.25) is 0 Å². The van der Waals surface area contributed by atoms with E-state index in [0.717, 1.165) is 22.1 Å². The van der Waals surface area contributed by atoms with Gasteiger partial charge in [0.2, 0.25) is 5.91 Å². The van der Waals surface area contributed by atoms with E-state index in [1.54, 1.807) is 31.3 Å². The molecule has 0 aliphatic rings. The summed E-state index contributed by atoms with van der Waals surface area (Å²) in [6.45, 7) is 8.64. The van der Waals surface area contributed by atoms with Crippen LogP contribution in [0.3, 0.4) is 0 Å². The fourth-order valence-electron chi connectivity index (χ4n) is 3.26. The lowest BCUT2D eigenvalue weighted by Gasteiger charge is -2.18. The Hall–Kier alpha value is -3.14. The molecule has 33 heavy (non-hydrogen) atoms. The van der Waals surface area contributed by atoms with Gasteiger partial charge in [-0.05, 0) is 36.6 Å². The van der Waals surface area contributed by atoms with Gasteiger partial charge < -0.3 is 10.1 Å². The maximum atomic E-state index is 12.9. The zero-order chi connectivity index (χ0) is 24.3. The summed E-state index contributed by atoms with van der Waals surface area (Å²) in [5, 5.41) is 3.45. The Balaban J connectivity index is 1.91. The molecule has 0 aliphatic carbocycles. The lowest BCUT2D eigenvalue weighted by Crippen LogP contribution is -2.38. The van der Waals surface area contributed by atoms with Crippen LogP contribution in [0, 0.1) is 5.41 Å². The van der Waals surface area contributed by atoms with Crippen molar-refractivity contribution in [3.8, 4) is 5.75 Å². The third kappa shape index (κ3) is 5.81. The number of aromatic nitrogens is 4. The van der Waals surface area contributed by atoms with Crippen LogP contribution in [0.4, 0.5) is 5.69 Å². The summed E-state index contributed by atoms with van der Waals surface area (Å²) >= 11 is 1.15. The highest BCUT2D eigenvalue weighted by Gasteiger charge is 2.21. The van der Waals surface area contributed by atoms with Gasteiger partial charge in [-0.25, -0.2) is 14.8 Å². The zero-order valence-electron chi connectivity index (χ0n) is 19.8. The van der Waals surface area contributed by atoms with Crippen molar-refractivity contribution in [2.24, 2.45) is 19.5 Å². The molecule has 176 valence electrons. The van der Waals surface area contributed by atoms with Crippen molar-refractivity contribution in [1.82, 2.24) is 19.1 Å². The molecule has 3 aromatic rings. The molecule has 0 saturated heterocycles. The molecule has 1 N–H and O–H groups in total. The molecule has 0 bridgehead atoms. The molecular weight excluding hydrogens is 442 g/mol. The van der Waals surface area contributed by atoms with Gasteiger partial charge in [0.05, 0.1) is 12.4 Å². The smallest absolute Gasteiger partial charge is 0.332 e. The third-order valence-corrected chi connectivity index (χ3v) is 5.77. The molecule has 0 fully saturated rings. The number of amides is 1. The first-order valence-corrected chi connectivity index (χ1v) is 11.6. The van der Waals surface area contributed by atoms with Crippen molar-refractivity contribution in [2.45, 2.75) is 39.1 Å². The predicted octanol–water partition coefficient (Wildman–Crippen LogP) is 2.75. The molecule has 10 heteroatoms. The predicted molar refractivity (Wildman–Crippen MR) is 130 cm³/mol. The van der Waals surface area contributed by atoms with E-state index >= 15 is 0 Å². The average molecular weight is 472 g/mol. The highest BCUT2D eigenvalue weighted by atomic mass is 32.2. The molecule has 1 amide bonds. The average Bonchev–Trinajstić information content (AvgIpc) is 2.75. The summed E-state index contributed by atoms with van der Waals surface area (Å²) in [5.41, 5.74) is -0.128. The lowest BCUT2D eigenvalue weighted by molar-refractivity contribution is -0.113. The van der Waals surface area contributed by atoms with Crippen molar-refractivity contribution in [1.29, 1.82) is 0 Å². The van der Waals surface area contributed by atoms with Gasteiger partial charge in [0.15, 0.2) is 5.65 Å². The Morgan fingerprint density at radius 1 is 1.09 bits per heavy atom. The van der Waals surface area contributed by atoms with Crippen LogP contribution < -0.4 is 21.3 Å². The number of fused-ring (bicyclic) bond motifs is 1. The molecule has 2 heterocycles. The van der Waals surface area contributed by atoms with Crippen LogP contribution in [-0.4, -0.2) is 37.4 Å². The van der Waals surface area contributed by atoms with Gasteiger partial charge in [-0.1, -0.05) is 32.5 Å². The second-order valence-electron chi connectivity index (χ2n) is 8.88. The molecule has 0 radical (unpaired) electrons. The van der Waals surface area contributed by atoms with Gasteiger partial charge in [-0.2, -0.15) is 0 Å². The zero-order valence-corrected chi connectivity index (χ0v) is 20.6. The van der Waals surface area contributed by atoms with E-state index in [1.165, 1.54) is 11.6 Å². The number of ether oxygens (including phenoxy) is 1. The number of rotatable bonds is 7. The number of hydrogen-bond acceptors (Lipinski definition) is 7. The first kappa shape index (κ1) is 24.5. The maximum Gasteiger partial charge on any atom is 0.332 e. The van der Waals surface area contributed by atoms with E-state index in [9.17, 15) is 14.4 Å². The van der Waals surface area contributed by atoms with E-state index < -0.39 is 11.2 Å². The number of hydrogen-bond donors (Lipinski definition) is 1. The monoisotopic (exact) mass is 471 g/mol. The number of nitrogens with zero attached hydrogens (tertiary/aromatic N) is 4. The van der Waals surface area contributed by atoms with E-state index in [4.69, 9.17) is 4.74 Å². The summed E-state index contributed by atoms with van der Waals surface area (Å²) < 4.78 is 7.78. The first-order valence-electron chi connectivity index (χ1n) is 10.6. The van der Waals surface area contributed by atoms with E-state index in [1.807, 2.05) is 6.92 Å². The van der Waals surface area contributed by atoms with Gasteiger partial charge in [-0.15, -0.1) is 0 Å². The largest absolute Gasteiger partial charge is 0.494 e. The summed E-state index contributed by atoms with van der Waals surface area (Å²) in [6.07, 6.45) is 0.554. The van der Waals surface area contributed by atoms with Gasteiger partial charge in [0, 0.05) is 26.2 Å². The van der Waals surface area contributed by atoms with Crippen LogP contribution in [-0.2, 0) is 25.3 Å². The Morgan fingerprint density at radius 3 is 2.36 bits per heavy atom. The maximum absolute atomic E-state index is 12.9. The number of benzene rings is 1. The van der Waals surface area contributed by atoms with Crippen LogP contribution in [0.5, 0.6) is 5.75 Å². The Morgan fingerprint density at radius 2 is 1.76 bits per heavy atom. The second kappa shape index (κ2) is 9.78. The van der Waals surface area contributed by atoms with Crippen LogP contribution >= 0.6 is 11.8 Å². The molecule has 3 rings (SSSR count). The Labute approximate surface area is 196 Å². The minimum absolute atomic E-state index is 0.0419. The molecule has 0 spiro atoms. The standard InChI is InChI=1S/C23H29N5O4S/c1-7-32-15-10-8-14(9-11-15)24-17(29)13-33-20-18-19(25-16(26-20)12-23(2,3)4)27(5)22(31)28(6)21(18)30/h8-11H,7,12-13H2,1-6H3,(H,24,29). The summed E-state index contributed by atoms with van der Waals surface area (Å²) in [5.74, 6) is 1.05. The summed E-state index contributed by atoms with van der Waals surface area (Å²) in [7, 11) is 2.99. The molecule has 9 nitrogen and oxygen atoms in total. The molecule has 1 aromatic carbocycles. The summed E-state index contributed by atoms with van der Waals surface area (Å²) in [4.78, 5) is 47.0. The first-order chi connectivity index (χ1) is 15.5. The van der Waals surface area contributed by atoms with Gasteiger partial charge in [-0.3, -0.25) is 18.7 Å². The van der Waals surface area contributed by atoms with Crippen LogP contribution in [0.25, 0.3) is 11.0 Å². The normalized spacial score (nSPS) is 11.6. The fraction of sp³-hybridized carbons (Fsp3) is 0.435.